The predicted octanol–water partition coefficient (Wildman–Crippen LogP) is 3.39. The van der Waals surface area contributed by atoms with Crippen LogP contribution in [0.2, 0.25) is 0 Å². The van der Waals surface area contributed by atoms with Crippen LogP contribution in [0, 0.1) is 0 Å². The molecule has 0 bridgehead atoms. The maximum absolute atomic E-state index is 12.8. The van der Waals surface area contributed by atoms with Gasteiger partial charge in [-0.15, -0.1) is 0 Å². The molecule has 2 aliphatic heterocycles. The molecule has 10 heteroatoms. The Morgan fingerprint density at radius 2 is 1.92 bits per heavy atom. The van der Waals surface area contributed by atoms with Crippen LogP contribution in [0.1, 0.15) is 47.4 Å². The zero-order valence-electron chi connectivity index (χ0n) is 20.4. The van der Waals surface area contributed by atoms with Crippen LogP contribution in [0.15, 0.2) is 54.6 Å². The van der Waals surface area contributed by atoms with Gasteiger partial charge in [0.05, 0.1) is 13.2 Å². The second-order valence-corrected chi connectivity index (χ2v) is 8.83. The first-order chi connectivity index (χ1) is 17.8. The van der Waals surface area contributed by atoms with Gasteiger partial charge in [-0.1, -0.05) is 36.4 Å². The Balaban J connectivity index is 1.55. The number of hydrogen-bond donors (Lipinski definition) is 2. The largest absolute Gasteiger partial charge is 0.509 e. The molecular weight excluding hydrogens is 484 g/mol. The normalized spacial score (nSPS) is 26.5. The number of cyclic esters (lactones) is 1. The van der Waals surface area contributed by atoms with E-state index in [2.05, 4.69) is 0 Å². The van der Waals surface area contributed by atoms with Crippen LogP contribution in [-0.2, 0) is 30.3 Å². The van der Waals surface area contributed by atoms with Crippen LogP contribution in [-0.4, -0.2) is 59.6 Å². The fourth-order valence-electron chi connectivity index (χ4n) is 4.08. The molecule has 0 aromatic heterocycles. The molecule has 0 aliphatic carbocycles. The van der Waals surface area contributed by atoms with Crippen molar-refractivity contribution in [1.82, 2.24) is 0 Å². The zero-order valence-corrected chi connectivity index (χ0v) is 20.4. The van der Waals surface area contributed by atoms with Gasteiger partial charge in [-0.2, -0.15) is 0 Å². The number of carbonyl (C=O) groups is 3. The van der Waals surface area contributed by atoms with E-state index in [1.54, 1.807) is 37.3 Å². The minimum atomic E-state index is -1.54. The topological polar surface area (TPSA) is 141 Å². The van der Waals surface area contributed by atoms with E-state index in [1.807, 2.05) is 6.07 Å². The Bertz CT molecular complexity index is 1180. The second-order valence-electron chi connectivity index (χ2n) is 8.83. The summed E-state index contributed by atoms with van der Waals surface area (Å²) in [5, 5.41) is 21.4. The van der Waals surface area contributed by atoms with E-state index in [9.17, 15) is 24.6 Å². The summed E-state index contributed by atoms with van der Waals surface area (Å²) < 4.78 is 26.7. The molecule has 2 aliphatic rings. The summed E-state index contributed by atoms with van der Waals surface area (Å²) in [6, 6.07) is 11.8. The van der Waals surface area contributed by atoms with Crippen LogP contribution in [0.3, 0.4) is 0 Å². The third-order valence-electron chi connectivity index (χ3n) is 6.04. The van der Waals surface area contributed by atoms with Crippen molar-refractivity contribution in [2.45, 2.75) is 56.9 Å². The van der Waals surface area contributed by atoms with Gasteiger partial charge in [0.15, 0.2) is 11.9 Å². The molecule has 0 radical (unpaired) electrons. The third kappa shape index (κ3) is 6.46. The van der Waals surface area contributed by atoms with Gasteiger partial charge in [0, 0.05) is 24.5 Å². The van der Waals surface area contributed by atoms with Crippen molar-refractivity contribution >= 4 is 17.9 Å². The highest BCUT2D eigenvalue weighted by Crippen LogP contribution is 2.46. The summed E-state index contributed by atoms with van der Waals surface area (Å²) in [4.78, 5) is 38.0. The lowest BCUT2D eigenvalue weighted by molar-refractivity contribution is -0.131. The smallest absolute Gasteiger partial charge is 0.507 e. The number of aromatic hydroxyl groups is 1. The van der Waals surface area contributed by atoms with Gasteiger partial charge in [-0.25, -0.2) is 9.59 Å². The van der Waals surface area contributed by atoms with E-state index in [1.165, 1.54) is 19.3 Å². The number of aliphatic hydroxyl groups excluding tert-OH is 1. The van der Waals surface area contributed by atoms with Crippen LogP contribution in [0.4, 0.5) is 4.79 Å². The van der Waals surface area contributed by atoms with Crippen molar-refractivity contribution < 1.29 is 48.3 Å². The molecule has 10 nitrogen and oxygen atoms in total. The fraction of sp³-hybridized carbons (Fsp3) is 0.370. The van der Waals surface area contributed by atoms with Crippen molar-refractivity contribution in [3.8, 4) is 11.5 Å². The van der Waals surface area contributed by atoms with E-state index < -0.39 is 48.4 Å². The first-order valence-corrected chi connectivity index (χ1v) is 11.8. The van der Waals surface area contributed by atoms with Gasteiger partial charge in [0.2, 0.25) is 0 Å². The highest BCUT2D eigenvalue weighted by molar-refractivity contribution is 5.96. The van der Waals surface area contributed by atoms with Gasteiger partial charge in [-0.3, -0.25) is 4.79 Å². The van der Waals surface area contributed by atoms with E-state index in [-0.39, 0.29) is 30.8 Å². The molecule has 196 valence electrons. The van der Waals surface area contributed by atoms with Crippen molar-refractivity contribution in [2.24, 2.45) is 0 Å². The molecule has 37 heavy (non-hydrogen) atoms. The second kappa shape index (κ2) is 11.4. The lowest BCUT2D eigenvalue weighted by Gasteiger charge is -2.21. The van der Waals surface area contributed by atoms with Crippen LogP contribution < -0.4 is 4.74 Å². The summed E-state index contributed by atoms with van der Waals surface area (Å²) >= 11 is 0. The average Bonchev–Trinajstić information content (AvgIpc) is 3.64. The molecule has 0 saturated carbocycles. The Morgan fingerprint density at radius 1 is 1.16 bits per heavy atom. The minimum Gasteiger partial charge on any atom is -0.507 e. The number of aliphatic hydroxyl groups is 1. The SMILES string of the molecule is COc1cc(O)c2c(c1)[C@H]1O[C@@H]1C[C@H](O)[C@H](OC(=O)OCc1ccccc1)C(=O)/C=C\C[C@H](C)OC2=O. The van der Waals surface area contributed by atoms with Crippen molar-refractivity contribution in [1.29, 1.82) is 0 Å². The summed E-state index contributed by atoms with van der Waals surface area (Å²) in [7, 11) is 1.41. The van der Waals surface area contributed by atoms with Gasteiger partial charge >= 0.3 is 12.1 Å². The lowest BCUT2D eigenvalue weighted by Crippen LogP contribution is -2.38. The summed E-state index contributed by atoms with van der Waals surface area (Å²) in [5.74, 6) is -1.44. The predicted molar refractivity (Wildman–Crippen MR) is 128 cm³/mol. The number of methoxy groups -OCH3 is 1. The Labute approximate surface area is 213 Å². The van der Waals surface area contributed by atoms with Crippen molar-refractivity contribution in [2.75, 3.05) is 7.11 Å². The molecule has 5 atom stereocenters. The number of rotatable bonds is 4. The van der Waals surface area contributed by atoms with Crippen LogP contribution in [0.25, 0.3) is 0 Å². The van der Waals surface area contributed by atoms with E-state index >= 15 is 0 Å². The molecule has 2 aromatic rings. The zero-order chi connectivity index (χ0) is 26.5. The molecule has 1 fully saturated rings. The summed E-state index contributed by atoms with van der Waals surface area (Å²) in [6.45, 7) is 1.56. The number of phenolic OH excluding ortho intramolecular Hbond substituents is 1. The Morgan fingerprint density at radius 3 is 2.65 bits per heavy atom. The number of esters is 1. The van der Waals surface area contributed by atoms with Gasteiger partial charge in [0.25, 0.3) is 0 Å². The molecule has 0 unspecified atom stereocenters. The van der Waals surface area contributed by atoms with E-state index in [4.69, 9.17) is 23.7 Å². The maximum Gasteiger partial charge on any atom is 0.509 e. The molecule has 0 spiro atoms. The quantitative estimate of drug-likeness (QED) is 0.462. The highest BCUT2D eigenvalue weighted by atomic mass is 16.7. The van der Waals surface area contributed by atoms with Crippen LogP contribution >= 0.6 is 0 Å². The van der Waals surface area contributed by atoms with Crippen LogP contribution in [0.5, 0.6) is 11.5 Å². The van der Waals surface area contributed by atoms with Crippen molar-refractivity contribution in [3.63, 3.8) is 0 Å². The molecular formula is C27H28O10. The lowest BCUT2D eigenvalue weighted by atomic mass is 9.96. The molecule has 4 rings (SSSR count). The number of benzene rings is 2. The highest BCUT2D eigenvalue weighted by Gasteiger charge is 2.46. The fourth-order valence-corrected chi connectivity index (χ4v) is 4.08. The molecule has 2 N–H and O–H groups in total. The van der Waals surface area contributed by atoms with Crippen molar-refractivity contribution in [3.05, 3.63) is 71.3 Å². The maximum atomic E-state index is 12.8. The average molecular weight is 513 g/mol. The number of hydrogen-bond acceptors (Lipinski definition) is 10. The van der Waals surface area contributed by atoms with E-state index in [0.29, 0.717) is 11.3 Å². The van der Waals surface area contributed by atoms with E-state index in [0.717, 1.165) is 11.6 Å². The Hall–Kier alpha value is -3.89. The summed E-state index contributed by atoms with van der Waals surface area (Å²) in [5.41, 5.74) is 0.987. The first-order valence-electron chi connectivity index (χ1n) is 11.8. The molecule has 2 aromatic carbocycles. The summed E-state index contributed by atoms with van der Waals surface area (Å²) in [6.07, 6.45) is -3.35. The molecule has 0 amide bonds. The molecule has 1 saturated heterocycles. The Kier molecular flexibility index (Phi) is 8.10. The van der Waals surface area contributed by atoms with Gasteiger partial charge in [0.1, 0.15) is 42.0 Å². The number of ketones is 1. The van der Waals surface area contributed by atoms with Gasteiger partial charge < -0.3 is 33.9 Å². The molecule has 2 heterocycles. The van der Waals surface area contributed by atoms with Gasteiger partial charge in [-0.05, 0) is 24.6 Å². The number of ether oxygens (including phenoxy) is 5. The monoisotopic (exact) mass is 512 g/mol. The number of fused-ring (bicyclic) bond motifs is 3. The first kappa shape index (κ1) is 26.2. The standard InChI is InChI=1S/C27H28O10/c1-15-7-6-10-19(28)25(37-27(32)34-14-16-8-4-3-5-9-16)21(30)13-22-24(36-22)18-11-17(33-2)12-20(29)23(18)26(31)35-15/h3-6,8-12,15,21-22,24-25,29-30H,7,13-14H2,1-2H3/b10-6-/t15-,21-,22+,24+,25+/m0/s1. The number of carbonyl (C=O) groups excluding carboxylic acids is 3. The minimum absolute atomic E-state index is 0.0642. The number of epoxide rings is 1. The number of phenols is 1. The third-order valence-corrected chi connectivity index (χ3v) is 6.04.